The summed E-state index contributed by atoms with van der Waals surface area (Å²) < 4.78 is 0. The van der Waals surface area contributed by atoms with Gasteiger partial charge >= 0.3 is 5.97 Å². The van der Waals surface area contributed by atoms with Gasteiger partial charge in [-0.3, -0.25) is 9.59 Å². The average molecular weight is 369 g/mol. The number of carbonyl (C=O) groups excluding carboxylic acids is 2. The lowest BCUT2D eigenvalue weighted by molar-refractivity contribution is -0.135. The largest absolute Gasteiger partial charge is 0.511 e. The Labute approximate surface area is 157 Å². The first-order chi connectivity index (χ1) is 12.0. The van der Waals surface area contributed by atoms with E-state index in [1.54, 1.807) is 0 Å². The van der Waals surface area contributed by atoms with Crippen LogP contribution in [-0.4, -0.2) is 27.7 Å². The van der Waals surface area contributed by atoms with Crippen LogP contribution in [0.2, 0.25) is 0 Å². The zero-order chi connectivity index (χ0) is 20.4. The monoisotopic (exact) mass is 368 g/mol. The molecule has 2 N–H and O–H groups in total. The molecule has 5 heteroatoms. The number of aliphatic carboxylic acids is 1. The predicted octanol–water partition coefficient (Wildman–Crippen LogP) is 4.95. The standard InChI is InChI=1S/C21H36O5/c1-13(2)7-9-16(12-17(22)10-8-14(3)4)20(24)19(21(25)26)18(23)11-15(5)6/h13-16,24H,7-12H2,1-6H3,(H,25,26)/b20-19+/t16-/m1/s1. The molecule has 0 bridgehead atoms. The minimum atomic E-state index is -1.42. The van der Waals surface area contributed by atoms with Gasteiger partial charge in [-0.1, -0.05) is 48.0 Å². The van der Waals surface area contributed by atoms with Crippen molar-refractivity contribution in [1.82, 2.24) is 0 Å². The fourth-order valence-electron chi connectivity index (χ4n) is 2.75. The SMILES string of the molecule is CC(C)CCC(=O)C[C@@H](CCC(C)C)/C(O)=C(\C(=O)O)C(=O)CC(C)C. The van der Waals surface area contributed by atoms with Crippen molar-refractivity contribution in [2.45, 2.75) is 80.1 Å². The third-order valence-corrected chi connectivity index (χ3v) is 4.30. The van der Waals surface area contributed by atoms with Crippen LogP contribution in [-0.2, 0) is 14.4 Å². The van der Waals surface area contributed by atoms with E-state index < -0.39 is 29.0 Å². The summed E-state index contributed by atoms with van der Waals surface area (Å²) in [4.78, 5) is 36.2. The first kappa shape index (κ1) is 24.4. The molecule has 0 heterocycles. The molecule has 0 aliphatic heterocycles. The molecular formula is C21H36O5. The van der Waals surface area contributed by atoms with Gasteiger partial charge in [-0.2, -0.15) is 0 Å². The Kier molecular flexibility index (Phi) is 11.1. The third kappa shape index (κ3) is 9.73. The van der Waals surface area contributed by atoms with E-state index in [0.29, 0.717) is 24.7 Å². The van der Waals surface area contributed by atoms with E-state index in [1.807, 2.05) is 41.5 Å². The number of carbonyl (C=O) groups is 3. The van der Waals surface area contributed by atoms with E-state index in [1.165, 1.54) is 0 Å². The number of ketones is 2. The molecule has 0 aliphatic carbocycles. The molecule has 0 spiro atoms. The molecule has 0 aliphatic rings. The maximum absolute atomic E-state index is 12.3. The quantitative estimate of drug-likeness (QED) is 0.208. The number of hydrogen-bond acceptors (Lipinski definition) is 4. The van der Waals surface area contributed by atoms with E-state index in [2.05, 4.69) is 0 Å². The topological polar surface area (TPSA) is 91.7 Å². The maximum Gasteiger partial charge on any atom is 0.342 e. The van der Waals surface area contributed by atoms with Crippen LogP contribution in [0.4, 0.5) is 0 Å². The molecule has 150 valence electrons. The van der Waals surface area contributed by atoms with Crippen LogP contribution in [0.25, 0.3) is 0 Å². The average Bonchev–Trinajstić information content (AvgIpc) is 2.47. The van der Waals surface area contributed by atoms with E-state index in [-0.39, 0.29) is 24.5 Å². The first-order valence-electron chi connectivity index (χ1n) is 9.66. The molecule has 0 fully saturated rings. The molecule has 0 amide bonds. The van der Waals surface area contributed by atoms with Crippen molar-refractivity contribution < 1.29 is 24.6 Å². The summed E-state index contributed by atoms with van der Waals surface area (Å²) in [5.74, 6) is -2.28. The zero-order valence-corrected chi connectivity index (χ0v) is 17.2. The molecule has 0 aromatic rings. The van der Waals surface area contributed by atoms with E-state index in [4.69, 9.17) is 0 Å². The summed E-state index contributed by atoms with van der Waals surface area (Å²) in [6.07, 6.45) is 2.55. The Morgan fingerprint density at radius 2 is 1.27 bits per heavy atom. The smallest absolute Gasteiger partial charge is 0.342 e. The zero-order valence-electron chi connectivity index (χ0n) is 17.2. The fourth-order valence-corrected chi connectivity index (χ4v) is 2.75. The highest BCUT2D eigenvalue weighted by Gasteiger charge is 2.29. The second-order valence-corrected chi connectivity index (χ2v) is 8.43. The van der Waals surface area contributed by atoms with Gasteiger partial charge in [0.15, 0.2) is 5.78 Å². The summed E-state index contributed by atoms with van der Waals surface area (Å²) >= 11 is 0. The highest BCUT2D eigenvalue weighted by molar-refractivity contribution is 6.17. The van der Waals surface area contributed by atoms with Crippen molar-refractivity contribution in [1.29, 1.82) is 0 Å². The molecule has 0 aromatic carbocycles. The Hall–Kier alpha value is -1.65. The Morgan fingerprint density at radius 1 is 0.731 bits per heavy atom. The summed E-state index contributed by atoms with van der Waals surface area (Å²) in [6.45, 7) is 11.8. The molecule has 5 nitrogen and oxygen atoms in total. The predicted molar refractivity (Wildman–Crippen MR) is 103 cm³/mol. The number of aliphatic hydroxyl groups excluding tert-OH is 1. The molecule has 0 saturated carbocycles. The molecule has 1 atom stereocenters. The molecular weight excluding hydrogens is 332 g/mol. The van der Waals surface area contributed by atoms with Crippen LogP contribution in [0.1, 0.15) is 80.1 Å². The van der Waals surface area contributed by atoms with Crippen LogP contribution < -0.4 is 0 Å². The summed E-state index contributed by atoms with van der Waals surface area (Å²) in [5, 5.41) is 20.0. The number of rotatable bonds is 13. The summed E-state index contributed by atoms with van der Waals surface area (Å²) in [5.41, 5.74) is -0.552. The Morgan fingerprint density at radius 3 is 1.69 bits per heavy atom. The van der Waals surface area contributed by atoms with Crippen LogP contribution >= 0.6 is 0 Å². The molecule has 0 rings (SSSR count). The van der Waals surface area contributed by atoms with Gasteiger partial charge in [0.05, 0.1) is 0 Å². The van der Waals surface area contributed by atoms with E-state index >= 15 is 0 Å². The number of aliphatic hydroxyl groups is 1. The second kappa shape index (κ2) is 11.9. The number of carboxylic acids is 1. The van der Waals surface area contributed by atoms with Crippen LogP contribution in [0.15, 0.2) is 11.3 Å². The Balaban J connectivity index is 5.53. The third-order valence-electron chi connectivity index (χ3n) is 4.30. The van der Waals surface area contributed by atoms with Gasteiger partial charge in [0, 0.05) is 25.2 Å². The van der Waals surface area contributed by atoms with Crippen molar-refractivity contribution in [3.8, 4) is 0 Å². The van der Waals surface area contributed by atoms with Gasteiger partial charge < -0.3 is 10.2 Å². The van der Waals surface area contributed by atoms with Crippen LogP contribution in [0, 0.1) is 23.7 Å². The summed E-state index contributed by atoms with van der Waals surface area (Å²) in [6, 6.07) is 0. The highest BCUT2D eigenvalue weighted by Crippen LogP contribution is 2.27. The van der Waals surface area contributed by atoms with Crippen molar-refractivity contribution in [2.75, 3.05) is 0 Å². The fraction of sp³-hybridized carbons (Fsp3) is 0.762. The Bertz CT molecular complexity index is 514. The van der Waals surface area contributed by atoms with Crippen molar-refractivity contribution in [2.24, 2.45) is 23.7 Å². The van der Waals surface area contributed by atoms with Gasteiger partial charge in [0.25, 0.3) is 0 Å². The van der Waals surface area contributed by atoms with Crippen LogP contribution in [0.3, 0.4) is 0 Å². The lowest BCUT2D eigenvalue weighted by atomic mass is 9.87. The van der Waals surface area contributed by atoms with E-state index in [0.717, 1.165) is 12.8 Å². The number of allylic oxidation sites excluding steroid dienone is 1. The first-order valence-corrected chi connectivity index (χ1v) is 9.66. The minimum Gasteiger partial charge on any atom is -0.511 e. The van der Waals surface area contributed by atoms with Crippen LogP contribution in [0.5, 0.6) is 0 Å². The number of hydrogen-bond donors (Lipinski definition) is 2. The second-order valence-electron chi connectivity index (χ2n) is 8.43. The van der Waals surface area contributed by atoms with E-state index in [9.17, 15) is 24.6 Å². The molecule has 0 aromatic heterocycles. The van der Waals surface area contributed by atoms with Crippen molar-refractivity contribution >= 4 is 17.5 Å². The lowest BCUT2D eigenvalue weighted by Crippen LogP contribution is -2.22. The number of Topliss-reactive ketones (excluding diaryl/α,β-unsaturated/α-hetero) is 2. The highest BCUT2D eigenvalue weighted by atomic mass is 16.4. The number of carboxylic acid groups (broad SMARTS) is 1. The summed E-state index contributed by atoms with van der Waals surface area (Å²) in [7, 11) is 0. The molecule has 0 saturated heterocycles. The van der Waals surface area contributed by atoms with Crippen molar-refractivity contribution in [3.63, 3.8) is 0 Å². The normalized spacial score (nSPS) is 13.9. The van der Waals surface area contributed by atoms with Gasteiger partial charge in [-0.15, -0.1) is 0 Å². The van der Waals surface area contributed by atoms with Gasteiger partial charge in [0.1, 0.15) is 17.1 Å². The molecule has 26 heavy (non-hydrogen) atoms. The maximum atomic E-state index is 12.3. The lowest BCUT2D eigenvalue weighted by Gasteiger charge is -2.19. The molecule has 0 radical (unpaired) electrons. The molecule has 0 unspecified atom stereocenters. The van der Waals surface area contributed by atoms with Gasteiger partial charge in [0.2, 0.25) is 0 Å². The van der Waals surface area contributed by atoms with Crippen molar-refractivity contribution in [3.05, 3.63) is 11.3 Å². The van der Waals surface area contributed by atoms with Gasteiger partial charge in [-0.25, -0.2) is 4.79 Å². The minimum absolute atomic E-state index is 0.0000495. The van der Waals surface area contributed by atoms with Gasteiger partial charge in [-0.05, 0) is 30.6 Å².